The molecule has 2 atom stereocenters. The number of nitrogens with zero attached hydrogens (tertiary/aromatic N) is 1. The van der Waals surface area contributed by atoms with E-state index in [-0.39, 0.29) is 0 Å². The van der Waals surface area contributed by atoms with E-state index in [0.717, 1.165) is 24.5 Å². The lowest BCUT2D eigenvalue weighted by Gasteiger charge is -2.25. The molecular weight excluding hydrogens is 232 g/mol. The normalized spacial score (nSPS) is 16.1. The summed E-state index contributed by atoms with van der Waals surface area (Å²) < 4.78 is 5.29. The number of hydrogen-bond donors (Lipinski definition) is 1. The van der Waals surface area contributed by atoms with Crippen LogP contribution in [0.5, 0.6) is 0 Å². The first-order valence-corrected chi connectivity index (χ1v) is 6.95. The molecule has 0 fully saturated rings. The average molecular weight is 252 g/mol. The van der Waals surface area contributed by atoms with E-state index in [1.165, 1.54) is 0 Å². The molecule has 0 bridgehead atoms. The van der Waals surface area contributed by atoms with E-state index in [1.54, 1.807) is 6.26 Å². The minimum atomic E-state index is -0.426. The molecule has 0 amide bonds. The highest BCUT2D eigenvalue weighted by atomic mass is 32.2. The van der Waals surface area contributed by atoms with E-state index in [4.69, 9.17) is 4.42 Å². The maximum atomic E-state index is 9.18. The van der Waals surface area contributed by atoms with Crippen molar-refractivity contribution < 1.29 is 4.42 Å². The third kappa shape index (κ3) is 4.84. The van der Waals surface area contributed by atoms with Gasteiger partial charge in [-0.1, -0.05) is 13.8 Å². The van der Waals surface area contributed by atoms with Gasteiger partial charge in [0.05, 0.1) is 18.1 Å². The molecule has 0 radical (unpaired) electrons. The van der Waals surface area contributed by atoms with Crippen LogP contribution in [-0.4, -0.2) is 17.3 Å². The summed E-state index contributed by atoms with van der Waals surface area (Å²) in [6.45, 7) is 6.96. The highest BCUT2D eigenvalue weighted by Crippen LogP contribution is 2.24. The third-order valence-electron chi connectivity index (χ3n) is 2.60. The van der Waals surface area contributed by atoms with Crippen LogP contribution < -0.4 is 5.32 Å². The molecule has 1 N–H and O–H groups in total. The lowest BCUT2D eigenvalue weighted by Crippen LogP contribution is -2.42. The molecular formula is C13H20N2OS. The summed E-state index contributed by atoms with van der Waals surface area (Å²) in [7, 11) is 0. The minimum Gasteiger partial charge on any atom is -0.468 e. The molecule has 4 heteroatoms. The smallest absolute Gasteiger partial charge is 0.113 e. The van der Waals surface area contributed by atoms with Gasteiger partial charge in [-0.15, -0.1) is 0 Å². The summed E-state index contributed by atoms with van der Waals surface area (Å²) in [5, 5.41) is 12.8. The fourth-order valence-electron chi connectivity index (χ4n) is 1.80. The molecule has 3 nitrogen and oxygen atoms in total. The molecule has 1 heterocycles. The topological polar surface area (TPSA) is 49.0 Å². The molecule has 0 aliphatic carbocycles. The molecule has 0 spiro atoms. The Morgan fingerprint density at radius 2 is 2.41 bits per heavy atom. The Hall–Kier alpha value is -0.920. The van der Waals surface area contributed by atoms with Gasteiger partial charge in [0.2, 0.25) is 0 Å². The number of nitriles is 1. The largest absolute Gasteiger partial charge is 0.468 e. The van der Waals surface area contributed by atoms with Gasteiger partial charge >= 0.3 is 0 Å². The molecule has 94 valence electrons. The molecule has 2 unspecified atom stereocenters. The van der Waals surface area contributed by atoms with Crippen molar-refractivity contribution in [2.45, 2.75) is 43.7 Å². The molecule has 0 saturated heterocycles. The van der Waals surface area contributed by atoms with Crippen molar-refractivity contribution in [1.29, 1.82) is 5.26 Å². The van der Waals surface area contributed by atoms with Crippen LogP contribution >= 0.6 is 11.8 Å². The van der Waals surface area contributed by atoms with Crippen LogP contribution in [0.4, 0.5) is 0 Å². The van der Waals surface area contributed by atoms with Crippen molar-refractivity contribution in [3.63, 3.8) is 0 Å². The average Bonchev–Trinajstić information content (AvgIpc) is 2.79. The zero-order valence-corrected chi connectivity index (χ0v) is 11.5. The molecule has 17 heavy (non-hydrogen) atoms. The Morgan fingerprint density at radius 3 is 2.94 bits per heavy atom. The first-order valence-electron chi connectivity index (χ1n) is 5.90. The molecule has 1 aromatic heterocycles. The SMILES string of the molecule is CCNC(C)(C#N)CC(C)SCc1ccco1. The van der Waals surface area contributed by atoms with Crippen LogP contribution in [0.2, 0.25) is 0 Å². The number of thioether (sulfide) groups is 1. The van der Waals surface area contributed by atoms with Crippen LogP contribution in [0.1, 0.15) is 33.0 Å². The van der Waals surface area contributed by atoms with Gasteiger partial charge < -0.3 is 4.42 Å². The predicted octanol–water partition coefficient (Wildman–Crippen LogP) is 3.18. The van der Waals surface area contributed by atoms with Gasteiger partial charge in [-0.2, -0.15) is 17.0 Å². The second-order valence-electron chi connectivity index (χ2n) is 4.38. The fourth-order valence-corrected chi connectivity index (χ4v) is 2.86. The van der Waals surface area contributed by atoms with E-state index in [9.17, 15) is 5.26 Å². The first-order chi connectivity index (χ1) is 8.09. The summed E-state index contributed by atoms with van der Waals surface area (Å²) >= 11 is 1.82. The number of rotatable bonds is 7. The molecule has 0 aliphatic rings. The monoisotopic (exact) mass is 252 g/mol. The second-order valence-corrected chi connectivity index (χ2v) is 5.81. The standard InChI is InChI=1S/C13H20N2OS/c1-4-15-13(3,10-14)8-11(2)17-9-12-6-5-7-16-12/h5-7,11,15H,4,8-9H2,1-3H3. The van der Waals surface area contributed by atoms with Crippen molar-refractivity contribution in [1.82, 2.24) is 5.32 Å². The van der Waals surface area contributed by atoms with Crippen molar-refractivity contribution in [3.05, 3.63) is 24.2 Å². The van der Waals surface area contributed by atoms with Crippen molar-refractivity contribution >= 4 is 11.8 Å². The number of furan rings is 1. The van der Waals surface area contributed by atoms with Crippen LogP contribution in [0.25, 0.3) is 0 Å². The predicted molar refractivity (Wildman–Crippen MR) is 71.8 cm³/mol. The van der Waals surface area contributed by atoms with Crippen LogP contribution in [0, 0.1) is 11.3 Å². The van der Waals surface area contributed by atoms with Gasteiger partial charge in [0.25, 0.3) is 0 Å². The van der Waals surface area contributed by atoms with Gasteiger partial charge in [0.1, 0.15) is 11.3 Å². The van der Waals surface area contributed by atoms with Crippen LogP contribution in [-0.2, 0) is 5.75 Å². The quantitative estimate of drug-likeness (QED) is 0.809. The van der Waals surface area contributed by atoms with Crippen molar-refractivity contribution in [3.8, 4) is 6.07 Å². The zero-order valence-electron chi connectivity index (χ0n) is 10.7. The Morgan fingerprint density at radius 1 is 1.65 bits per heavy atom. The molecule has 1 rings (SSSR count). The van der Waals surface area contributed by atoms with E-state index in [1.807, 2.05) is 37.7 Å². The van der Waals surface area contributed by atoms with E-state index in [2.05, 4.69) is 18.3 Å². The maximum absolute atomic E-state index is 9.18. The summed E-state index contributed by atoms with van der Waals surface area (Å²) in [5.74, 6) is 1.85. The van der Waals surface area contributed by atoms with Crippen LogP contribution in [0.3, 0.4) is 0 Å². The second kappa shape index (κ2) is 6.73. The zero-order chi connectivity index (χ0) is 12.7. The Bertz CT molecular complexity index is 358. The van der Waals surface area contributed by atoms with Gasteiger partial charge in [0.15, 0.2) is 0 Å². The summed E-state index contributed by atoms with van der Waals surface area (Å²) in [6, 6.07) is 6.24. The summed E-state index contributed by atoms with van der Waals surface area (Å²) in [6.07, 6.45) is 2.53. The number of hydrogen-bond acceptors (Lipinski definition) is 4. The highest BCUT2D eigenvalue weighted by Gasteiger charge is 2.25. The van der Waals surface area contributed by atoms with Gasteiger partial charge in [-0.3, -0.25) is 5.32 Å². The van der Waals surface area contributed by atoms with E-state index in [0.29, 0.717) is 5.25 Å². The highest BCUT2D eigenvalue weighted by molar-refractivity contribution is 7.99. The van der Waals surface area contributed by atoms with Gasteiger partial charge in [-0.25, -0.2) is 0 Å². The van der Waals surface area contributed by atoms with E-state index < -0.39 is 5.54 Å². The van der Waals surface area contributed by atoms with Gasteiger partial charge in [0, 0.05) is 5.25 Å². The molecule has 1 aromatic rings. The lowest BCUT2D eigenvalue weighted by molar-refractivity contribution is 0.429. The fraction of sp³-hybridized carbons (Fsp3) is 0.615. The van der Waals surface area contributed by atoms with Gasteiger partial charge in [-0.05, 0) is 32.0 Å². The molecule has 0 aromatic carbocycles. The minimum absolute atomic E-state index is 0.420. The molecule has 0 aliphatic heterocycles. The summed E-state index contributed by atoms with van der Waals surface area (Å²) in [4.78, 5) is 0. The Labute approximate surface area is 108 Å². The third-order valence-corrected chi connectivity index (χ3v) is 3.79. The van der Waals surface area contributed by atoms with Crippen molar-refractivity contribution in [2.24, 2.45) is 0 Å². The number of nitrogens with one attached hydrogen (secondary N) is 1. The Balaban J connectivity index is 2.38. The van der Waals surface area contributed by atoms with Crippen molar-refractivity contribution in [2.75, 3.05) is 6.54 Å². The first kappa shape index (κ1) is 14.1. The maximum Gasteiger partial charge on any atom is 0.113 e. The molecule has 0 saturated carbocycles. The van der Waals surface area contributed by atoms with E-state index >= 15 is 0 Å². The summed E-state index contributed by atoms with van der Waals surface area (Å²) in [5.41, 5.74) is -0.426. The van der Waals surface area contributed by atoms with Crippen LogP contribution in [0.15, 0.2) is 22.8 Å². The Kier molecular flexibility index (Phi) is 5.60. The lowest BCUT2D eigenvalue weighted by atomic mass is 9.98.